The molecule has 0 aliphatic heterocycles. The fourth-order valence-electron chi connectivity index (χ4n) is 1.01. The first-order chi connectivity index (χ1) is 7.49. The number of hydrogen-bond donors (Lipinski definition) is 2. The van der Waals surface area contributed by atoms with Gasteiger partial charge in [-0.1, -0.05) is 5.16 Å². The molecule has 0 radical (unpaired) electrons. The van der Waals surface area contributed by atoms with E-state index in [1.807, 2.05) is 25.9 Å². The lowest BCUT2D eigenvalue weighted by Crippen LogP contribution is -2.40. The Kier molecular flexibility index (Phi) is 4.30. The molecular weight excluding hydrogens is 208 g/mol. The first-order valence-corrected chi connectivity index (χ1v) is 5.13. The molecule has 0 spiro atoms. The minimum atomic E-state index is -0.276. The zero-order chi connectivity index (χ0) is 12.1. The predicted molar refractivity (Wildman–Crippen MR) is 61.4 cm³/mol. The lowest BCUT2D eigenvalue weighted by atomic mass is 10.3. The number of nitrogens with zero attached hydrogens (tertiary/aromatic N) is 2. The molecule has 0 aliphatic rings. The summed E-state index contributed by atoms with van der Waals surface area (Å²) >= 11 is 0. The van der Waals surface area contributed by atoms with E-state index in [0.717, 1.165) is 0 Å². The lowest BCUT2D eigenvalue weighted by molar-refractivity contribution is 0.245. The van der Waals surface area contributed by atoms with Crippen molar-refractivity contribution in [2.45, 2.75) is 19.9 Å². The number of rotatable bonds is 4. The Bertz CT molecular complexity index is 348. The van der Waals surface area contributed by atoms with E-state index >= 15 is 0 Å². The van der Waals surface area contributed by atoms with Crippen LogP contribution in [-0.4, -0.2) is 42.8 Å². The maximum atomic E-state index is 11.4. The second-order valence-electron chi connectivity index (χ2n) is 3.97. The molecule has 0 bridgehead atoms. The molecule has 0 aliphatic carbocycles. The highest BCUT2D eigenvalue weighted by atomic mass is 16.5. The van der Waals surface area contributed by atoms with Crippen molar-refractivity contribution < 1.29 is 9.32 Å². The fourth-order valence-corrected chi connectivity index (χ4v) is 1.01. The Labute approximate surface area is 95.0 Å². The third-order valence-electron chi connectivity index (χ3n) is 2.31. The van der Waals surface area contributed by atoms with Gasteiger partial charge in [-0.15, -0.1) is 0 Å². The number of amides is 2. The van der Waals surface area contributed by atoms with E-state index in [-0.39, 0.29) is 12.1 Å². The molecule has 0 unspecified atom stereocenters. The summed E-state index contributed by atoms with van der Waals surface area (Å²) in [5, 5.41) is 8.99. The first-order valence-electron chi connectivity index (χ1n) is 5.13. The number of aromatic nitrogens is 1. The highest BCUT2D eigenvalue weighted by Crippen LogP contribution is 2.06. The van der Waals surface area contributed by atoms with Crippen LogP contribution in [0, 0.1) is 6.92 Å². The van der Waals surface area contributed by atoms with E-state index in [1.165, 1.54) is 0 Å². The summed E-state index contributed by atoms with van der Waals surface area (Å²) < 4.78 is 4.83. The zero-order valence-electron chi connectivity index (χ0n) is 10.1. The van der Waals surface area contributed by atoms with Crippen LogP contribution in [0.4, 0.5) is 10.6 Å². The highest BCUT2D eigenvalue weighted by Gasteiger charge is 2.08. The summed E-state index contributed by atoms with van der Waals surface area (Å²) in [4.78, 5) is 13.5. The number of hydrogen-bond acceptors (Lipinski definition) is 4. The van der Waals surface area contributed by atoms with Crippen molar-refractivity contribution in [3.63, 3.8) is 0 Å². The van der Waals surface area contributed by atoms with Gasteiger partial charge in [0.25, 0.3) is 0 Å². The molecule has 1 atom stereocenters. The van der Waals surface area contributed by atoms with Crippen LogP contribution in [-0.2, 0) is 0 Å². The van der Waals surface area contributed by atoms with E-state index in [0.29, 0.717) is 18.1 Å². The zero-order valence-corrected chi connectivity index (χ0v) is 10.1. The number of anilines is 1. The van der Waals surface area contributed by atoms with Gasteiger partial charge in [-0.25, -0.2) is 4.79 Å². The third kappa shape index (κ3) is 3.90. The van der Waals surface area contributed by atoms with E-state index in [1.54, 1.807) is 13.0 Å². The van der Waals surface area contributed by atoms with Crippen molar-refractivity contribution in [1.29, 1.82) is 0 Å². The molecule has 0 saturated heterocycles. The van der Waals surface area contributed by atoms with E-state index < -0.39 is 0 Å². The van der Waals surface area contributed by atoms with Crippen molar-refractivity contribution in [1.82, 2.24) is 15.4 Å². The van der Waals surface area contributed by atoms with Crippen LogP contribution in [0.25, 0.3) is 0 Å². The number of nitrogens with one attached hydrogen (secondary N) is 2. The summed E-state index contributed by atoms with van der Waals surface area (Å²) in [7, 11) is 3.93. The van der Waals surface area contributed by atoms with Crippen molar-refractivity contribution in [2.75, 3.05) is 26.0 Å². The Balaban J connectivity index is 2.31. The monoisotopic (exact) mass is 226 g/mol. The average molecular weight is 226 g/mol. The van der Waals surface area contributed by atoms with E-state index in [2.05, 4.69) is 15.8 Å². The van der Waals surface area contributed by atoms with Crippen molar-refractivity contribution in [3.8, 4) is 0 Å². The maximum absolute atomic E-state index is 11.4. The van der Waals surface area contributed by atoms with Crippen molar-refractivity contribution in [3.05, 3.63) is 11.8 Å². The van der Waals surface area contributed by atoms with Crippen LogP contribution in [0.2, 0.25) is 0 Å². The quantitative estimate of drug-likeness (QED) is 0.805. The van der Waals surface area contributed by atoms with Gasteiger partial charge in [0.05, 0.1) is 0 Å². The topological polar surface area (TPSA) is 70.4 Å². The highest BCUT2D eigenvalue weighted by molar-refractivity contribution is 5.88. The normalized spacial score (nSPS) is 12.6. The summed E-state index contributed by atoms with van der Waals surface area (Å²) in [5.41, 5.74) is 0. The molecule has 0 saturated carbocycles. The van der Waals surface area contributed by atoms with Crippen LogP contribution >= 0.6 is 0 Å². The molecule has 1 aromatic heterocycles. The average Bonchev–Trinajstić information content (AvgIpc) is 2.60. The summed E-state index contributed by atoms with van der Waals surface area (Å²) in [5.74, 6) is 1.09. The van der Waals surface area contributed by atoms with Gasteiger partial charge in [-0.05, 0) is 27.9 Å². The van der Waals surface area contributed by atoms with Crippen LogP contribution in [0.5, 0.6) is 0 Å². The van der Waals surface area contributed by atoms with Gasteiger partial charge in [-0.3, -0.25) is 5.32 Å². The molecular formula is C10H18N4O2. The number of carbonyl (C=O) groups is 1. The standard InChI is InChI=1S/C10H18N4O2/c1-7(14(3)4)6-11-10(15)12-9-5-8(2)16-13-9/h5,7H,6H2,1-4H3,(H2,11,12,13,15)/t7-/m1/s1. The van der Waals surface area contributed by atoms with Gasteiger partial charge in [0.15, 0.2) is 5.82 Å². The van der Waals surface area contributed by atoms with Gasteiger partial charge in [0, 0.05) is 18.7 Å². The smallest absolute Gasteiger partial charge is 0.320 e. The number of carbonyl (C=O) groups excluding carboxylic acids is 1. The molecule has 0 aromatic carbocycles. The van der Waals surface area contributed by atoms with Crippen LogP contribution in [0.3, 0.4) is 0 Å². The van der Waals surface area contributed by atoms with Crippen LogP contribution in [0.15, 0.2) is 10.6 Å². The minimum Gasteiger partial charge on any atom is -0.360 e. The molecule has 1 rings (SSSR count). The Morgan fingerprint density at radius 2 is 2.31 bits per heavy atom. The molecule has 1 aromatic rings. The maximum Gasteiger partial charge on any atom is 0.320 e. The minimum absolute atomic E-state index is 0.276. The predicted octanol–water partition coefficient (Wildman–Crippen LogP) is 1.05. The first kappa shape index (κ1) is 12.5. The third-order valence-corrected chi connectivity index (χ3v) is 2.31. The summed E-state index contributed by atoms with van der Waals surface area (Å²) in [6, 6.07) is 1.67. The second kappa shape index (κ2) is 5.50. The van der Waals surface area contributed by atoms with E-state index in [9.17, 15) is 4.79 Å². The van der Waals surface area contributed by atoms with Crippen LogP contribution < -0.4 is 10.6 Å². The van der Waals surface area contributed by atoms with Gasteiger partial charge in [0.1, 0.15) is 5.76 Å². The Morgan fingerprint density at radius 1 is 1.62 bits per heavy atom. The molecule has 16 heavy (non-hydrogen) atoms. The molecule has 2 amide bonds. The van der Waals surface area contributed by atoms with Gasteiger partial charge in [-0.2, -0.15) is 0 Å². The number of aryl methyl sites for hydroxylation is 1. The second-order valence-corrected chi connectivity index (χ2v) is 3.97. The molecule has 90 valence electrons. The Morgan fingerprint density at radius 3 is 2.81 bits per heavy atom. The van der Waals surface area contributed by atoms with Crippen LogP contribution in [0.1, 0.15) is 12.7 Å². The van der Waals surface area contributed by atoms with Gasteiger partial charge < -0.3 is 14.7 Å². The molecule has 2 N–H and O–H groups in total. The molecule has 6 heteroatoms. The number of urea groups is 1. The van der Waals surface area contributed by atoms with Gasteiger partial charge >= 0.3 is 6.03 Å². The van der Waals surface area contributed by atoms with Crippen molar-refractivity contribution in [2.24, 2.45) is 0 Å². The molecule has 0 fully saturated rings. The summed E-state index contributed by atoms with van der Waals surface area (Å²) in [6.45, 7) is 4.38. The van der Waals surface area contributed by atoms with Crippen molar-refractivity contribution >= 4 is 11.8 Å². The lowest BCUT2D eigenvalue weighted by Gasteiger charge is -2.19. The SMILES string of the molecule is Cc1cc(NC(=O)NC[C@@H](C)N(C)C)no1. The largest absolute Gasteiger partial charge is 0.360 e. The fraction of sp³-hybridized carbons (Fsp3) is 0.600. The Hall–Kier alpha value is -1.56. The molecule has 1 heterocycles. The number of likely N-dealkylation sites (N-methyl/N-ethyl adjacent to an activating group) is 1. The summed E-state index contributed by atoms with van der Waals surface area (Å²) in [6.07, 6.45) is 0. The molecule has 6 nitrogen and oxygen atoms in total. The van der Waals surface area contributed by atoms with E-state index in [4.69, 9.17) is 4.52 Å². The van der Waals surface area contributed by atoms with Gasteiger partial charge in [0.2, 0.25) is 0 Å².